The van der Waals surface area contributed by atoms with Crippen LogP contribution in [0.2, 0.25) is 0 Å². The number of oxazole rings is 1. The van der Waals surface area contributed by atoms with E-state index in [9.17, 15) is 0 Å². The van der Waals surface area contributed by atoms with E-state index in [1.165, 1.54) is 28.3 Å². The van der Waals surface area contributed by atoms with E-state index in [2.05, 4.69) is 41.4 Å². The summed E-state index contributed by atoms with van der Waals surface area (Å²) in [5, 5.41) is 2.47. The van der Waals surface area contributed by atoms with Gasteiger partial charge in [0.15, 0.2) is 12.0 Å². The predicted octanol–water partition coefficient (Wildman–Crippen LogP) is 3.46. The van der Waals surface area contributed by atoms with Crippen molar-refractivity contribution in [2.75, 3.05) is 0 Å². The molecule has 0 saturated heterocycles. The van der Waals surface area contributed by atoms with Gasteiger partial charge in [0.2, 0.25) is 0 Å². The van der Waals surface area contributed by atoms with Crippen LogP contribution in [0.5, 0.6) is 0 Å². The molecule has 3 aromatic rings. The largest absolute Gasteiger partial charge is 0.443 e. The van der Waals surface area contributed by atoms with Crippen molar-refractivity contribution in [1.82, 2.24) is 4.98 Å². The molecule has 0 amide bonds. The second-order valence-electron chi connectivity index (χ2n) is 3.77. The van der Waals surface area contributed by atoms with E-state index in [0.717, 1.165) is 11.1 Å². The van der Waals surface area contributed by atoms with Gasteiger partial charge in [0.05, 0.1) is 0 Å². The van der Waals surface area contributed by atoms with E-state index in [0.29, 0.717) is 0 Å². The van der Waals surface area contributed by atoms with Gasteiger partial charge in [0, 0.05) is 5.39 Å². The molecule has 1 aromatic heterocycles. The van der Waals surface area contributed by atoms with Crippen molar-refractivity contribution >= 4 is 34.0 Å². The lowest BCUT2D eigenvalue weighted by Crippen LogP contribution is -1.80. The smallest absolute Gasteiger partial charge is 0.182 e. The normalized spacial score (nSPS) is 13.1. The Labute approximate surface area is 85.8 Å². The summed E-state index contributed by atoms with van der Waals surface area (Å²) in [5.41, 5.74) is 4.32. The van der Waals surface area contributed by atoms with Crippen molar-refractivity contribution in [2.45, 2.75) is 0 Å². The zero-order valence-electron chi connectivity index (χ0n) is 7.90. The monoisotopic (exact) mass is 193 g/mol. The maximum atomic E-state index is 5.35. The molecular formula is C13H7NO. The Bertz CT molecular complexity index is 722. The molecule has 1 heterocycles. The predicted molar refractivity (Wildman–Crippen MR) is 60.4 cm³/mol. The van der Waals surface area contributed by atoms with Gasteiger partial charge >= 0.3 is 0 Å². The molecule has 4 rings (SSSR count). The van der Waals surface area contributed by atoms with E-state index in [-0.39, 0.29) is 0 Å². The van der Waals surface area contributed by atoms with Gasteiger partial charge in [-0.3, -0.25) is 0 Å². The topological polar surface area (TPSA) is 26.0 Å². The molecule has 0 unspecified atom stereocenters. The fourth-order valence-corrected chi connectivity index (χ4v) is 2.31. The zero-order valence-corrected chi connectivity index (χ0v) is 7.90. The van der Waals surface area contributed by atoms with Crippen LogP contribution in [0.3, 0.4) is 0 Å². The Kier molecular flexibility index (Phi) is 1.10. The van der Waals surface area contributed by atoms with Crippen LogP contribution in [0.15, 0.2) is 35.1 Å². The average molecular weight is 193 g/mol. The number of hydrogen-bond acceptors (Lipinski definition) is 2. The van der Waals surface area contributed by atoms with Gasteiger partial charge < -0.3 is 4.42 Å². The lowest BCUT2D eigenvalue weighted by atomic mass is 10.0. The van der Waals surface area contributed by atoms with Crippen molar-refractivity contribution in [3.63, 3.8) is 0 Å². The molecule has 0 fully saturated rings. The highest BCUT2D eigenvalue weighted by atomic mass is 16.3. The van der Waals surface area contributed by atoms with Crippen LogP contribution >= 0.6 is 0 Å². The van der Waals surface area contributed by atoms with Crippen LogP contribution in [0.4, 0.5) is 0 Å². The van der Waals surface area contributed by atoms with E-state index < -0.39 is 0 Å². The zero-order chi connectivity index (χ0) is 9.83. The summed E-state index contributed by atoms with van der Waals surface area (Å²) in [6, 6.07) is 8.34. The minimum Gasteiger partial charge on any atom is -0.443 e. The van der Waals surface area contributed by atoms with Gasteiger partial charge in [0.1, 0.15) is 5.52 Å². The lowest BCUT2D eigenvalue weighted by Gasteiger charge is -2.01. The van der Waals surface area contributed by atoms with Crippen LogP contribution < -0.4 is 0 Å². The third-order valence-corrected chi connectivity index (χ3v) is 2.96. The fraction of sp³-hybridized carbons (Fsp3) is 0. The minimum absolute atomic E-state index is 0.862. The molecule has 0 saturated carbocycles. The number of benzene rings is 2. The van der Waals surface area contributed by atoms with Crippen molar-refractivity contribution in [1.29, 1.82) is 0 Å². The van der Waals surface area contributed by atoms with Crippen LogP contribution in [0.25, 0.3) is 34.0 Å². The number of fused-ring (bicyclic) bond motifs is 2. The SMILES string of the molecule is C1=Cc2cc3ocnc3c3cccc1c23. The van der Waals surface area contributed by atoms with Gasteiger partial charge in [-0.05, 0) is 22.6 Å². The molecule has 2 heteroatoms. The first-order chi connectivity index (χ1) is 7.43. The molecule has 0 spiro atoms. The molecule has 1 aliphatic carbocycles. The second kappa shape index (κ2) is 2.28. The minimum atomic E-state index is 0.862. The van der Waals surface area contributed by atoms with Crippen LogP contribution in [0, 0.1) is 0 Å². The number of aromatic nitrogens is 1. The van der Waals surface area contributed by atoms with E-state index in [1.807, 2.05) is 0 Å². The third-order valence-electron chi connectivity index (χ3n) is 2.96. The maximum absolute atomic E-state index is 5.35. The Morgan fingerprint density at radius 1 is 1.07 bits per heavy atom. The van der Waals surface area contributed by atoms with E-state index in [4.69, 9.17) is 4.42 Å². The van der Waals surface area contributed by atoms with Gasteiger partial charge in [-0.25, -0.2) is 4.98 Å². The molecule has 70 valence electrons. The fourth-order valence-electron chi connectivity index (χ4n) is 2.31. The van der Waals surface area contributed by atoms with Crippen LogP contribution in [0.1, 0.15) is 11.1 Å². The Balaban J connectivity index is 2.43. The van der Waals surface area contributed by atoms with Crippen LogP contribution in [-0.4, -0.2) is 4.98 Å². The van der Waals surface area contributed by atoms with Gasteiger partial charge in [0.25, 0.3) is 0 Å². The third kappa shape index (κ3) is 0.773. The first kappa shape index (κ1) is 7.23. The summed E-state index contributed by atoms with van der Waals surface area (Å²) < 4.78 is 5.35. The molecule has 0 atom stereocenters. The Morgan fingerprint density at radius 2 is 2.00 bits per heavy atom. The summed E-state index contributed by atoms with van der Waals surface area (Å²) in [4.78, 5) is 4.26. The summed E-state index contributed by atoms with van der Waals surface area (Å²) in [5.74, 6) is 0. The van der Waals surface area contributed by atoms with Gasteiger partial charge in [-0.1, -0.05) is 30.4 Å². The van der Waals surface area contributed by atoms with E-state index in [1.54, 1.807) is 0 Å². The molecule has 0 radical (unpaired) electrons. The van der Waals surface area contributed by atoms with Gasteiger partial charge in [-0.2, -0.15) is 0 Å². The molecule has 0 bridgehead atoms. The quantitative estimate of drug-likeness (QED) is 0.427. The molecule has 0 N–H and O–H groups in total. The van der Waals surface area contributed by atoms with Crippen molar-refractivity contribution in [2.24, 2.45) is 0 Å². The van der Waals surface area contributed by atoms with Crippen molar-refractivity contribution in [3.8, 4) is 0 Å². The lowest BCUT2D eigenvalue weighted by molar-refractivity contribution is 0.602. The first-order valence-electron chi connectivity index (χ1n) is 4.90. The number of rotatable bonds is 0. The summed E-state index contributed by atoms with van der Waals surface area (Å²) >= 11 is 0. The maximum Gasteiger partial charge on any atom is 0.182 e. The van der Waals surface area contributed by atoms with Gasteiger partial charge in [-0.15, -0.1) is 0 Å². The van der Waals surface area contributed by atoms with E-state index >= 15 is 0 Å². The summed E-state index contributed by atoms with van der Waals surface area (Å²) in [6.07, 6.45) is 5.77. The van der Waals surface area contributed by atoms with Crippen LogP contribution in [-0.2, 0) is 0 Å². The highest BCUT2D eigenvalue weighted by Crippen LogP contribution is 2.35. The summed E-state index contributed by atoms with van der Waals surface area (Å²) in [6.45, 7) is 0. The Hall–Kier alpha value is -2.09. The highest BCUT2D eigenvalue weighted by Gasteiger charge is 2.13. The Morgan fingerprint density at radius 3 is 3.00 bits per heavy atom. The molecular weight excluding hydrogens is 186 g/mol. The van der Waals surface area contributed by atoms with Crippen molar-refractivity contribution in [3.05, 3.63) is 41.8 Å². The number of nitrogens with zero attached hydrogens (tertiary/aromatic N) is 1. The molecule has 1 aliphatic rings. The number of hydrogen-bond donors (Lipinski definition) is 0. The molecule has 2 aromatic carbocycles. The molecule has 0 aliphatic heterocycles. The molecule has 2 nitrogen and oxygen atoms in total. The second-order valence-corrected chi connectivity index (χ2v) is 3.77. The first-order valence-corrected chi connectivity index (χ1v) is 4.90. The molecule has 15 heavy (non-hydrogen) atoms. The summed E-state index contributed by atoms with van der Waals surface area (Å²) in [7, 11) is 0. The standard InChI is InChI=1S/C13H7NO/c1-2-8-4-5-9-6-11-13(14-7-15-11)10(3-1)12(8)9/h1-7H. The highest BCUT2D eigenvalue weighted by molar-refractivity contribution is 6.14. The average Bonchev–Trinajstić information content (AvgIpc) is 2.87. The van der Waals surface area contributed by atoms with Crippen molar-refractivity contribution < 1.29 is 4.42 Å².